The molecule has 2 aromatic carbocycles. The van der Waals surface area contributed by atoms with E-state index in [9.17, 15) is 9.90 Å². The molecule has 1 aliphatic heterocycles. The highest BCUT2D eigenvalue weighted by molar-refractivity contribution is 6.30. The van der Waals surface area contributed by atoms with Crippen molar-refractivity contribution in [1.29, 1.82) is 0 Å². The van der Waals surface area contributed by atoms with Crippen LogP contribution in [0.1, 0.15) is 48.5 Å². The number of pyridine rings is 1. The van der Waals surface area contributed by atoms with Crippen molar-refractivity contribution in [1.82, 2.24) is 20.3 Å². The van der Waals surface area contributed by atoms with E-state index in [1.54, 1.807) is 30.5 Å². The lowest BCUT2D eigenvalue weighted by Gasteiger charge is -2.23. The number of halogens is 1. The number of anilines is 1. The van der Waals surface area contributed by atoms with Crippen molar-refractivity contribution in [3.05, 3.63) is 80.7 Å². The van der Waals surface area contributed by atoms with Gasteiger partial charge < -0.3 is 25.7 Å². The zero-order valence-electron chi connectivity index (χ0n) is 20.5. The Morgan fingerprint density at radius 1 is 1.19 bits per heavy atom. The fourth-order valence-electron chi connectivity index (χ4n) is 5.42. The summed E-state index contributed by atoms with van der Waals surface area (Å²) >= 11 is 6.07. The molecule has 1 saturated carbocycles. The molecule has 6 rings (SSSR count). The van der Waals surface area contributed by atoms with Gasteiger partial charge in [-0.3, -0.25) is 9.79 Å². The Hall–Kier alpha value is -3.62. The van der Waals surface area contributed by atoms with Crippen LogP contribution in [0.2, 0.25) is 5.02 Å². The molecule has 4 aromatic rings. The lowest BCUT2D eigenvalue weighted by molar-refractivity contribution is 0.191. The average molecular weight is 517 g/mol. The molecule has 3 heterocycles. The number of aromatic amines is 2. The topological polar surface area (TPSA) is 118 Å². The highest BCUT2D eigenvalue weighted by Gasteiger charge is 2.31. The van der Waals surface area contributed by atoms with Crippen LogP contribution in [0, 0.1) is 6.92 Å². The van der Waals surface area contributed by atoms with Gasteiger partial charge in [-0.05, 0) is 61.2 Å². The fourth-order valence-corrected chi connectivity index (χ4v) is 5.61. The maximum atomic E-state index is 12.9. The molecule has 2 aromatic heterocycles. The quantitative estimate of drug-likeness (QED) is 0.255. The summed E-state index contributed by atoms with van der Waals surface area (Å²) in [4.78, 5) is 28.8. The summed E-state index contributed by atoms with van der Waals surface area (Å²) in [5, 5.41) is 18.0. The van der Waals surface area contributed by atoms with Crippen LogP contribution in [0.15, 0.2) is 58.4 Å². The molecule has 5 N–H and O–H groups in total. The first kappa shape index (κ1) is 23.8. The predicted octanol–water partition coefficient (Wildman–Crippen LogP) is 4.69. The Labute approximate surface area is 219 Å². The highest BCUT2D eigenvalue weighted by atomic mass is 35.5. The Kier molecular flexibility index (Phi) is 6.22. The summed E-state index contributed by atoms with van der Waals surface area (Å²) in [7, 11) is 0. The Morgan fingerprint density at radius 2 is 2.05 bits per heavy atom. The second-order valence-electron chi connectivity index (χ2n) is 9.90. The van der Waals surface area contributed by atoms with Crippen molar-refractivity contribution in [2.75, 3.05) is 11.9 Å². The summed E-state index contributed by atoms with van der Waals surface area (Å²) in [6, 6.07) is 13.8. The van der Waals surface area contributed by atoms with E-state index in [-0.39, 0.29) is 12.1 Å². The lowest BCUT2D eigenvalue weighted by atomic mass is 9.92. The Morgan fingerprint density at radius 3 is 2.89 bits per heavy atom. The molecule has 1 unspecified atom stereocenters. The molecule has 1 aliphatic carbocycles. The number of benzene rings is 2. The largest absolute Gasteiger partial charge is 0.387 e. The van der Waals surface area contributed by atoms with Gasteiger partial charge in [-0.1, -0.05) is 36.6 Å². The summed E-state index contributed by atoms with van der Waals surface area (Å²) in [5.41, 5.74) is 5.08. The van der Waals surface area contributed by atoms with Gasteiger partial charge in [0.2, 0.25) is 0 Å². The van der Waals surface area contributed by atoms with E-state index in [0.717, 1.165) is 40.8 Å². The van der Waals surface area contributed by atoms with Gasteiger partial charge in [-0.2, -0.15) is 0 Å². The molecular weight excluding hydrogens is 488 g/mol. The van der Waals surface area contributed by atoms with Crippen molar-refractivity contribution >= 4 is 34.2 Å². The van der Waals surface area contributed by atoms with E-state index in [1.807, 2.05) is 13.0 Å². The van der Waals surface area contributed by atoms with Crippen molar-refractivity contribution < 1.29 is 5.11 Å². The first-order valence-corrected chi connectivity index (χ1v) is 13.1. The van der Waals surface area contributed by atoms with E-state index in [2.05, 4.69) is 32.7 Å². The SMILES string of the molecule is Cc1cc(C2=N[C@@H]3CCCC[C@H]3N2)cc2[nH]c(-c3c(NCC(O)c4cccc(Cl)c4)cc[nH]c3=O)nc12. The number of nitrogens with one attached hydrogen (secondary N) is 4. The van der Waals surface area contributed by atoms with Crippen molar-refractivity contribution in [2.24, 2.45) is 4.99 Å². The van der Waals surface area contributed by atoms with Crippen LogP contribution >= 0.6 is 11.6 Å². The number of aliphatic imine (C=N–C) groups is 1. The Balaban J connectivity index is 1.30. The lowest BCUT2D eigenvalue weighted by Crippen LogP contribution is -2.37. The van der Waals surface area contributed by atoms with Gasteiger partial charge in [0, 0.05) is 29.4 Å². The predicted molar refractivity (Wildman–Crippen MR) is 148 cm³/mol. The number of aliphatic hydroxyl groups is 1. The zero-order valence-corrected chi connectivity index (χ0v) is 21.3. The molecule has 0 amide bonds. The van der Waals surface area contributed by atoms with Crippen LogP contribution in [0.4, 0.5) is 5.69 Å². The molecule has 3 atom stereocenters. The van der Waals surface area contributed by atoms with Gasteiger partial charge in [-0.15, -0.1) is 0 Å². The zero-order chi connectivity index (χ0) is 25.5. The van der Waals surface area contributed by atoms with Crippen LogP contribution in [-0.4, -0.2) is 44.5 Å². The minimum absolute atomic E-state index is 0.202. The summed E-state index contributed by atoms with van der Waals surface area (Å²) in [6.07, 6.45) is 5.56. The second-order valence-corrected chi connectivity index (χ2v) is 10.3. The molecule has 0 saturated heterocycles. The molecule has 190 valence electrons. The second kappa shape index (κ2) is 9.68. The van der Waals surface area contributed by atoms with Gasteiger partial charge in [0.1, 0.15) is 17.2 Å². The number of hydrogen-bond acceptors (Lipinski definition) is 6. The van der Waals surface area contributed by atoms with Gasteiger partial charge in [-0.25, -0.2) is 4.98 Å². The number of fused-ring (bicyclic) bond motifs is 2. The number of nitrogens with zero attached hydrogens (tertiary/aromatic N) is 2. The summed E-state index contributed by atoms with van der Waals surface area (Å²) < 4.78 is 0. The molecule has 37 heavy (non-hydrogen) atoms. The molecule has 0 spiro atoms. The van der Waals surface area contributed by atoms with E-state index in [4.69, 9.17) is 21.6 Å². The van der Waals surface area contributed by atoms with Crippen LogP contribution in [-0.2, 0) is 0 Å². The molecule has 8 nitrogen and oxygen atoms in total. The third-order valence-electron chi connectivity index (χ3n) is 7.31. The van der Waals surface area contributed by atoms with Gasteiger partial charge in [0.25, 0.3) is 5.56 Å². The highest BCUT2D eigenvalue weighted by Crippen LogP contribution is 2.30. The van der Waals surface area contributed by atoms with Crippen LogP contribution in [0.25, 0.3) is 22.4 Å². The maximum Gasteiger partial charge on any atom is 0.261 e. The molecule has 9 heteroatoms. The number of amidine groups is 1. The number of aromatic nitrogens is 3. The maximum absolute atomic E-state index is 12.9. The Bertz CT molecular complexity index is 1560. The van der Waals surface area contributed by atoms with E-state index >= 15 is 0 Å². The molecule has 0 bridgehead atoms. The van der Waals surface area contributed by atoms with E-state index < -0.39 is 6.10 Å². The molecule has 2 aliphatic rings. The van der Waals surface area contributed by atoms with E-state index in [0.29, 0.717) is 39.7 Å². The third kappa shape index (κ3) is 4.63. The number of aryl methyl sites for hydroxylation is 1. The standard InChI is InChI=1S/C28H29ClN6O2/c1-15-11-17(26-32-19-7-2-3-8-20(19)33-26)13-22-25(15)35-27(34-22)24-21(9-10-30-28(24)37)31-14-23(36)16-5-4-6-18(29)12-16/h4-6,9-13,19-20,23,36H,2-3,7-8,14H2,1H3,(H,32,33)(H,34,35)(H2,30,31,37)/t19-,20-,23?/m1/s1. The van der Waals surface area contributed by atoms with Crippen molar-refractivity contribution in [2.45, 2.75) is 50.8 Å². The molecule has 0 radical (unpaired) electrons. The number of H-pyrrole nitrogens is 2. The first-order valence-electron chi connectivity index (χ1n) is 12.7. The monoisotopic (exact) mass is 516 g/mol. The first-order chi connectivity index (χ1) is 18.0. The number of hydrogen-bond donors (Lipinski definition) is 5. The van der Waals surface area contributed by atoms with Crippen LogP contribution in [0.3, 0.4) is 0 Å². The van der Waals surface area contributed by atoms with Crippen molar-refractivity contribution in [3.63, 3.8) is 0 Å². The van der Waals surface area contributed by atoms with E-state index in [1.165, 1.54) is 12.8 Å². The molecule has 1 fully saturated rings. The summed E-state index contributed by atoms with van der Waals surface area (Å²) in [5.74, 6) is 1.40. The van der Waals surface area contributed by atoms with Crippen LogP contribution < -0.4 is 16.2 Å². The van der Waals surface area contributed by atoms with Crippen molar-refractivity contribution in [3.8, 4) is 11.4 Å². The van der Waals surface area contributed by atoms with Gasteiger partial charge in [0.15, 0.2) is 0 Å². The van der Waals surface area contributed by atoms with Gasteiger partial charge >= 0.3 is 0 Å². The number of imidazole rings is 1. The summed E-state index contributed by atoms with van der Waals surface area (Å²) in [6.45, 7) is 2.22. The van der Waals surface area contributed by atoms with Gasteiger partial charge in [0.05, 0.1) is 28.9 Å². The third-order valence-corrected chi connectivity index (χ3v) is 7.55. The minimum atomic E-state index is -0.797. The van der Waals surface area contributed by atoms with Crippen LogP contribution in [0.5, 0.6) is 0 Å². The minimum Gasteiger partial charge on any atom is -0.387 e. The fraction of sp³-hybridized carbons (Fsp3) is 0.321. The normalized spacial score (nSPS) is 19.8. The molecular formula is C28H29ClN6O2. The smallest absolute Gasteiger partial charge is 0.261 e. The number of aliphatic hydroxyl groups excluding tert-OH is 1. The average Bonchev–Trinajstić information content (AvgIpc) is 3.52. The number of rotatable bonds is 6.